The van der Waals surface area contributed by atoms with Crippen molar-refractivity contribution in [1.82, 2.24) is 15.3 Å². The molecule has 0 saturated carbocycles. The van der Waals surface area contributed by atoms with Crippen molar-refractivity contribution >= 4 is 11.7 Å². The van der Waals surface area contributed by atoms with Crippen LogP contribution in [0.25, 0.3) is 0 Å². The molecule has 0 atom stereocenters. The summed E-state index contributed by atoms with van der Waals surface area (Å²) in [6, 6.07) is 21.4. The first-order chi connectivity index (χ1) is 12.6. The van der Waals surface area contributed by atoms with Crippen LogP contribution in [0, 0.1) is 0 Å². The van der Waals surface area contributed by atoms with Crippen molar-refractivity contribution < 1.29 is 4.79 Å². The highest BCUT2D eigenvalue weighted by Crippen LogP contribution is 2.24. The molecule has 0 unspecified atom stereocenters. The molecule has 1 aromatic heterocycles. The van der Waals surface area contributed by atoms with Crippen LogP contribution in [-0.2, 0) is 11.3 Å². The average Bonchev–Trinajstić information content (AvgIpc) is 2.68. The van der Waals surface area contributed by atoms with E-state index in [1.807, 2.05) is 85.7 Å². The number of carbonyl (C=O) groups is 1. The van der Waals surface area contributed by atoms with Crippen LogP contribution >= 0.6 is 0 Å². The van der Waals surface area contributed by atoms with Gasteiger partial charge in [0.25, 0.3) is 0 Å². The Labute approximate surface area is 153 Å². The molecule has 0 bridgehead atoms. The minimum atomic E-state index is -0.366. The average molecular weight is 346 g/mol. The largest absolute Gasteiger partial charge is 0.363 e. The topological polar surface area (TPSA) is 58.1 Å². The molecule has 3 rings (SSSR count). The van der Waals surface area contributed by atoms with E-state index in [1.165, 1.54) is 0 Å². The summed E-state index contributed by atoms with van der Waals surface area (Å²) in [6.07, 6.45) is 1.70. The number of nitrogens with zero attached hydrogens (tertiary/aromatic N) is 3. The third-order valence-electron chi connectivity index (χ3n) is 4.10. The van der Waals surface area contributed by atoms with E-state index in [9.17, 15) is 4.79 Å². The smallest absolute Gasteiger partial charge is 0.232 e. The van der Waals surface area contributed by atoms with Crippen molar-refractivity contribution in [2.75, 3.05) is 19.0 Å². The molecule has 0 fully saturated rings. The zero-order valence-corrected chi connectivity index (χ0v) is 15.0. The number of benzene rings is 2. The van der Waals surface area contributed by atoms with Gasteiger partial charge in [0.2, 0.25) is 5.91 Å². The van der Waals surface area contributed by atoms with Crippen molar-refractivity contribution in [2.24, 2.45) is 0 Å². The van der Waals surface area contributed by atoms with Gasteiger partial charge in [-0.1, -0.05) is 60.7 Å². The first-order valence-corrected chi connectivity index (χ1v) is 8.52. The second-order valence-electron chi connectivity index (χ2n) is 6.20. The van der Waals surface area contributed by atoms with Crippen molar-refractivity contribution in [3.05, 3.63) is 89.9 Å². The highest BCUT2D eigenvalue weighted by molar-refractivity contribution is 5.87. The summed E-state index contributed by atoms with van der Waals surface area (Å²) in [5, 5.41) is 2.98. The van der Waals surface area contributed by atoms with E-state index in [0.717, 1.165) is 16.9 Å². The lowest BCUT2D eigenvalue weighted by Gasteiger charge is -2.18. The number of amides is 1. The van der Waals surface area contributed by atoms with Crippen LogP contribution in [0.5, 0.6) is 0 Å². The second-order valence-corrected chi connectivity index (χ2v) is 6.20. The Morgan fingerprint density at radius 1 is 0.962 bits per heavy atom. The Morgan fingerprint density at radius 2 is 1.54 bits per heavy atom. The first kappa shape index (κ1) is 17.6. The Balaban J connectivity index is 1.79. The summed E-state index contributed by atoms with van der Waals surface area (Å²) in [5.74, 6) is 0.965. The summed E-state index contributed by atoms with van der Waals surface area (Å²) in [6.45, 7) is 0.288. The minimum Gasteiger partial charge on any atom is -0.363 e. The van der Waals surface area contributed by atoms with Gasteiger partial charge in [-0.25, -0.2) is 9.97 Å². The molecule has 5 heteroatoms. The number of nitrogens with one attached hydrogen (secondary N) is 1. The lowest BCUT2D eigenvalue weighted by molar-refractivity contribution is -0.121. The number of hydrogen-bond acceptors (Lipinski definition) is 4. The third-order valence-corrected chi connectivity index (χ3v) is 4.10. The van der Waals surface area contributed by atoms with Gasteiger partial charge in [0.1, 0.15) is 11.6 Å². The molecule has 26 heavy (non-hydrogen) atoms. The molecule has 1 amide bonds. The SMILES string of the molecule is CN(C)c1ccnc(CNC(=O)C(c2ccccc2)c2ccccc2)n1. The standard InChI is InChI=1S/C21H22N4O/c1-25(2)19-13-14-22-18(24-19)15-23-21(26)20(16-9-5-3-6-10-16)17-11-7-4-8-12-17/h3-14,20H,15H2,1-2H3,(H,23,26). The maximum Gasteiger partial charge on any atom is 0.232 e. The summed E-state index contributed by atoms with van der Waals surface area (Å²) in [4.78, 5) is 23.6. The monoisotopic (exact) mass is 346 g/mol. The van der Waals surface area contributed by atoms with Crippen molar-refractivity contribution in [2.45, 2.75) is 12.5 Å². The van der Waals surface area contributed by atoms with Gasteiger partial charge in [0, 0.05) is 20.3 Å². The van der Waals surface area contributed by atoms with Crippen LogP contribution < -0.4 is 10.2 Å². The molecular weight excluding hydrogens is 324 g/mol. The highest BCUT2D eigenvalue weighted by Gasteiger charge is 2.22. The Hall–Kier alpha value is -3.21. The predicted molar refractivity (Wildman–Crippen MR) is 103 cm³/mol. The van der Waals surface area contributed by atoms with Crippen LogP contribution in [0.15, 0.2) is 72.9 Å². The summed E-state index contributed by atoms with van der Waals surface area (Å²) in [5.41, 5.74) is 1.92. The van der Waals surface area contributed by atoms with Gasteiger partial charge >= 0.3 is 0 Å². The van der Waals surface area contributed by atoms with Crippen molar-refractivity contribution in [3.8, 4) is 0 Å². The molecule has 0 spiro atoms. The van der Waals surface area contributed by atoms with E-state index in [2.05, 4.69) is 15.3 Å². The number of rotatable bonds is 6. The molecule has 0 saturated heterocycles. The first-order valence-electron chi connectivity index (χ1n) is 8.52. The molecule has 0 aliphatic heterocycles. The third kappa shape index (κ3) is 4.25. The summed E-state index contributed by atoms with van der Waals surface area (Å²) < 4.78 is 0. The Bertz CT molecular complexity index is 811. The number of carbonyl (C=O) groups excluding carboxylic acids is 1. The number of hydrogen-bond donors (Lipinski definition) is 1. The molecule has 1 N–H and O–H groups in total. The van der Waals surface area contributed by atoms with Gasteiger partial charge in [-0.3, -0.25) is 4.79 Å². The van der Waals surface area contributed by atoms with Crippen LogP contribution in [0.2, 0.25) is 0 Å². The van der Waals surface area contributed by atoms with E-state index in [1.54, 1.807) is 6.20 Å². The molecular formula is C21H22N4O. The van der Waals surface area contributed by atoms with E-state index >= 15 is 0 Å². The molecule has 2 aromatic carbocycles. The molecule has 3 aromatic rings. The van der Waals surface area contributed by atoms with Crippen molar-refractivity contribution in [3.63, 3.8) is 0 Å². The maximum atomic E-state index is 13.0. The van der Waals surface area contributed by atoms with Crippen LogP contribution in [0.1, 0.15) is 22.9 Å². The number of anilines is 1. The fraction of sp³-hybridized carbons (Fsp3) is 0.190. The van der Waals surface area contributed by atoms with Gasteiger partial charge in [-0.2, -0.15) is 0 Å². The van der Waals surface area contributed by atoms with Gasteiger partial charge in [-0.15, -0.1) is 0 Å². The lowest BCUT2D eigenvalue weighted by Crippen LogP contribution is -2.30. The fourth-order valence-electron chi connectivity index (χ4n) is 2.78. The molecule has 0 aliphatic carbocycles. The number of aromatic nitrogens is 2. The van der Waals surface area contributed by atoms with E-state index < -0.39 is 0 Å². The molecule has 1 heterocycles. The quantitative estimate of drug-likeness (QED) is 0.745. The van der Waals surface area contributed by atoms with Gasteiger partial charge < -0.3 is 10.2 Å². The molecule has 0 aliphatic rings. The maximum absolute atomic E-state index is 13.0. The van der Waals surface area contributed by atoms with Crippen LogP contribution in [0.3, 0.4) is 0 Å². The minimum absolute atomic E-state index is 0.0683. The van der Waals surface area contributed by atoms with Gasteiger partial charge in [0.15, 0.2) is 0 Å². The lowest BCUT2D eigenvalue weighted by atomic mass is 9.90. The van der Waals surface area contributed by atoms with Crippen LogP contribution in [0.4, 0.5) is 5.82 Å². The van der Waals surface area contributed by atoms with Crippen molar-refractivity contribution in [1.29, 1.82) is 0 Å². The van der Waals surface area contributed by atoms with Gasteiger partial charge in [-0.05, 0) is 17.2 Å². The zero-order chi connectivity index (χ0) is 18.4. The normalized spacial score (nSPS) is 10.6. The highest BCUT2D eigenvalue weighted by atomic mass is 16.1. The molecule has 132 valence electrons. The van der Waals surface area contributed by atoms with Gasteiger partial charge in [0.05, 0.1) is 12.5 Å². The fourth-order valence-corrected chi connectivity index (χ4v) is 2.78. The van der Waals surface area contributed by atoms with E-state index in [4.69, 9.17) is 0 Å². The second kappa shape index (κ2) is 8.25. The Morgan fingerprint density at radius 3 is 2.08 bits per heavy atom. The van der Waals surface area contributed by atoms with Crippen LogP contribution in [-0.4, -0.2) is 30.0 Å². The Kier molecular flexibility index (Phi) is 5.59. The van der Waals surface area contributed by atoms with E-state index in [-0.39, 0.29) is 18.4 Å². The van der Waals surface area contributed by atoms with E-state index in [0.29, 0.717) is 5.82 Å². The zero-order valence-electron chi connectivity index (χ0n) is 15.0. The predicted octanol–water partition coefficient (Wildman–Crippen LogP) is 2.99. The summed E-state index contributed by atoms with van der Waals surface area (Å²) in [7, 11) is 3.84. The summed E-state index contributed by atoms with van der Waals surface area (Å²) >= 11 is 0. The molecule has 5 nitrogen and oxygen atoms in total. The molecule has 0 radical (unpaired) electrons.